The summed E-state index contributed by atoms with van der Waals surface area (Å²) in [6.07, 6.45) is -0.560. The molecule has 168 valence electrons. The number of benzene rings is 1. The van der Waals surface area contributed by atoms with Crippen LogP contribution in [0.1, 0.15) is 32.6 Å². The Morgan fingerprint density at radius 1 is 1.06 bits per heavy atom. The Hall–Kier alpha value is -2.79. The van der Waals surface area contributed by atoms with E-state index in [1.807, 2.05) is 13.8 Å². The first kappa shape index (κ1) is 22.9. The predicted molar refractivity (Wildman–Crippen MR) is 97.6 cm³/mol. The molecule has 0 atom stereocenters. The van der Waals surface area contributed by atoms with E-state index in [4.69, 9.17) is 14.2 Å². The summed E-state index contributed by atoms with van der Waals surface area (Å²) in [6, 6.07) is 3.12. The van der Waals surface area contributed by atoms with Crippen molar-refractivity contribution < 1.29 is 41.0 Å². The fourth-order valence-electron chi connectivity index (χ4n) is 2.78. The number of halogens is 5. The first-order valence-electron chi connectivity index (χ1n) is 9.22. The lowest BCUT2D eigenvalue weighted by Gasteiger charge is -2.36. The maximum Gasteiger partial charge on any atom is 0.235 e. The van der Waals surface area contributed by atoms with Gasteiger partial charge in [-0.1, -0.05) is 0 Å². The van der Waals surface area contributed by atoms with E-state index in [2.05, 4.69) is 10.3 Å². The van der Waals surface area contributed by atoms with Crippen molar-refractivity contribution in [2.24, 2.45) is 5.41 Å². The molecule has 2 aromatic rings. The average molecular weight is 446 g/mol. The number of carbonyl (C=O) groups is 1. The molecule has 2 heterocycles. The van der Waals surface area contributed by atoms with Gasteiger partial charge in [-0.3, -0.25) is 4.79 Å². The van der Waals surface area contributed by atoms with Gasteiger partial charge in [0.05, 0.1) is 42.2 Å². The SMILES string of the molecule is CC(C)Oc1ccc(NC(=O)C2(C)COC(c3c(F)c(F)c(F)c(F)c3F)OC2)cn1. The van der Waals surface area contributed by atoms with Crippen LogP contribution in [0.4, 0.5) is 27.6 Å². The number of carbonyl (C=O) groups excluding carboxylic acids is 1. The molecule has 3 rings (SSSR count). The maximum atomic E-state index is 14.0. The number of amides is 1. The number of hydrogen-bond acceptors (Lipinski definition) is 5. The van der Waals surface area contributed by atoms with Crippen molar-refractivity contribution in [3.8, 4) is 5.88 Å². The zero-order valence-corrected chi connectivity index (χ0v) is 16.8. The predicted octanol–water partition coefficient (Wildman–Crippen LogP) is 4.25. The molecule has 1 amide bonds. The maximum absolute atomic E-state index is 14.0. The summed E-state index contributed by atoms with van der Waals surface area (Å²) in [5.41, 5.74) is -2.19. The van der Waals surface area contributed by atoms with E-state index in [1.165, 1.54) is 13.1 Å². The molecule has 1 aromatic heterocycles. The van der Waals surface area contributed by atoms with Crippen molar-refractivity contribution in [2.45, 2.75) is 33.2 Å². The molecule has 0 bridgehead atoms. The smallest absolute Gasteiger partial charge is 0.235 e. The van der Waals surface area contributed by atoms with Gasteiger partial charge in [0.1, 0.15) is 0 Å². The Morgan fingerprint density at radius 2 is 1.61 bits per heavy atom. The van der Waals surface area contributed by atoms with Crippen molar-refractivity contribution in [3.05, 3.63) is 53.0 Å². The van der Waals surface area contributed by atoms with E-state index in [0.29, 0.717) is 11.6 Å². The topological polar surface area (TPSA) is 69.7 Å². The van der Waals surface area contributed by atoms with Gasteiger partial charge in [-0.05, 0) is 26.8 Å². The molecule has 1 saturated heterocycles. The van der Waals surface area contributed by atoms with E-state index >= 15 is 0 Å². The minimum absolute atomic E-state index is 0.0749. The van der Waals surface area contributed by atoms with E-state index in [0.717, 1.165) is 0 Å². The Bertz CT molecular complexity index is 948. The second-order valence-electron chi connectivity index (χ2n) is 7.50. The van der Waals surface area contributed by atoms with Gasteiger partial charge in [-0.25, -0.2) is 26.9 Å². The number of hydrogen-bond donors (Lipinski definition) is 1. The van der Waals surface area contributed by atoms with Gasteiger partial charge in [-0.2, -0.15) is 0 Å². The minimum Gasteiger partial charge on any atom is -0.475 e. The Kier molecular flexibility index (Phi) is 6.46. The Morgan fingerprint density at radius 3 is 2.10 bits per heavy atom. The van der Waals surface area contributed by atoms with E-state index in [-0.39, 0.29) is 6.10 Å². The van der Waals surface area contributed by atoms with Crippen LogP contribution in [0, 0.1) is 34.5 Å². The van der Waals surface area contributed by atoms with Crippen LogP contribution in [0.2, 0.25) is 0 Å². The summed E-state index contributed by atoms with van der Waals surface area (Å²) in [5, 5.41) is 2.60. The summed E-state index contributed by atoms with van der Waals surface area (Å²) < 4.78 is 83.7. The first-order chi connectivity index (χ1) is 14.5. The van der Waals surface area contributed by atoms with Crippen LogP contribution < -0.4 is 10.1 Å². The fourth-order valence-corrected chi connectivity index (χ4v) is 2.78. The molecule has 11 heteroatoms. The van der Waals surface area contributed by atoms with Crippen LogP contribution in [0.5, 0.6) is 5.88 Å². The number of rotatable bonds is 5. The van der Waals surface area contributed by atoms with Gasteiger partial charge >= 0.3 is 0 Å². The third kappa shape index (κ3) is 4.62. The number of aromatic nitrogens is 1. The summed E-state index contributed by atoms with van der Waals surface area (Å²) >= 11 is 0. The van der Waals surface area contributed by atoms with Crippen LogP contribution in [-0.4, -0.2) is 30.2 Å². The molecular formula is C20H19F5N2O4. The lowest BCUT2D eigenvalue weighted by atomic mass is 9.90. The zero-order valence-electron chi connectivity index (χ0n) is 16.8. The van der Waals surface area contributed by atoms with Crippen molar-refractivity contribution in [3.63, 3.8) is 0 Å². The van der Waals surface area contributed by atoms with Gasteiger partial charge in [0.25, 0.3) is 0 Å². The summed E-state index contributed by atoms with van der Waals surface area (Å²) in [7, 11) is 0. The third-order valence-electron chi connectivity index (χ3n) is 4.48. The summed E-state index contributed by atoms with van der Waals surface area (Å²) in [4.78, 5) is 16.7. The van der Waals surface area contributed by atoms with Crippen molar-refractivity contribution in [1.82, 2.24) is 4.98 Å². The molecule has 0 saturated carbocycles. The van der Waals surface area contributed by atoms with E-state index in [1.54, 1.807) is 12.1 Å². The number of ether oxygens (including phenoxy) is 3. The highest BCUT2D eigenvalue weighted by Gasteiger charge is 2.42. The second-order valence-corrected chi connectivity index (χ2v) is 7.50. The molecule has 1 aliphatic heterocycles. The Balaban J connectivity index is 1.69. The number of nitrogens with one attached hydrogen (secondary N) is 1. The van der Waals surface area contributed by atoms with Gasteiger partial charge in [0, 0.05) is 6.07 Å². The normalized spacial score (nSPS) is 21.3. The van der Waals surface area contributed by atoms with E-state index in [9.17, 15) is 26.7 Å². The number of anilines is 1. The van der Waals surface area contributed by atoms with Gasteiger partial charge in [0.15, 0.2) is 29.6 Å². The van der Waals surface area contributed by atoms with Gasteiger partial charge in [0.2, 0.25) is 17.6 Å². The van der Waals surface area contributed by atoms with Crippen LogP contribution >= 0.6 is 0 Å². The minimum atomic E-state index is -2.28. The first-order valence-corrected chi connectivity index (χ1v) is 9.22. The lowest BCUT2D eigenvalue weighted by molar-refractivity contribution is -0.228. The fraction of sp³-hybridized carbons (Fsp3) is 0.400. The van der Waals surface area contributed by atoms with Crippen LogP contribution in [-0.2, 0) is 14.3 Å². The molecule has 1 N–H and O–H groups in total. The second kappa shape index (κ2) is 8.75. The van der Waals surface area contributed by atoms with Crippen LogP contribution in [0.3, 0.4) is 0 Å². The van der Waals surface area contributed by atoms with Gasteiger partial charge < -0.3 is 19.5 Å². The molecule has 1 aromatic carbocycles. The third-order valence-corrected chi connectivity index (χ3v) is 4.48. The summed E-state index contributed by atoms with van der Waals surface area (Å²) in [6.45, 7) is 4.33. The Labute approximate surface area is 174 Å². The summed E-state index contributed by atoms with van der Waals surface area (Å²) in [5.74, 6) is -10.8. The molecule has 0 unspecified atom stereocenters. The highest BCUT2D eigenvalue weighted by atomic mass is 19.2. The molecule has 0 aliphatic carbocycles. The average Bonchev–Trinajstić information content (AvgIpc) is 2.73. The standard InChI is InChI=1S/C20H19F5N2O4/c1-9(2)31-11-5-4-10(6-26-11)27-19(28)20(3)7-29-18(30-8-20)12-13(21)15(23)17(25)16(24)14(12)22/h4-6,9,18H,7-8H2,1-3H3,(H,27,28). The molecule has 0 spiro atoms. The number of pyridine rings is 1. The van der Waals surface area contributed by atoms with Crippen molar-refractivity contribution in [1.29, 1.82) is 0 Å². The highest BCUT2D eigenvalue weighted by Crippen LogP contribution is 2.36. The quantitative estimate of drug-likeness (QED) is 0.423. The van der Waals surface area contributed by atoms with Gasteiger partial charge in [-0.15, -0.1) is 0 Å². The molecular weight excluding hydrogens is 427 g/mol. The zero-order chi connectivity index (χ0) is 22.9. The van der Waals surface area contributed by atoms with Crippen molar-refractivity contribution in [2.75, 3.05) is 18.5 Å². The molecule has 1 aliphatic rings. The van der Waals surface area contributed by atoms with Crippen molar-refractivity contribution >= 4 is 11.6 Å². The highest BCUT2D eigenvalue weighted by molar-refractivity contribution is 5.95. The molecule has 0 radical (unpaired) electrons. The van der Waals surface area contributed by atoms with Crippen LogP contribution in [0.15, 0.2) is 18.3 Å². The number of nitrogens with zero attached hydrogens (tertiary/aromatic N) is 1. The monoisotopic (exact) mass is 446 g/mol. The molecule has 31 heavy (non-hydrogen) atoms. The molecule has 1 fully saturated rings. The largest absolute Gasteiger partial charge is 0.475 e. The van der Waals surface area contributed by atoms with Crippen LogP contribution in [0.25, 0.3) is 0 Å². The molecule has 6 nitrogen and oxygen atoms in total. The van der Waals surface area contributed by atoms with E-state index < -0.39 is 65.5 Å². The lowest BCUT2D eigenvalue weighted by Crippen LogP contribution is -2.46.